The Morgan fingerprint density at radius 3 is 3.06 bits per heavy atom. The number of unbranched alkanes of at least 4 members (excludes halogenated alkanes) is 1. The van der Waals surface area contributed by atoms with Crippen LogP contribution >= 0.6 is 0 Å². The summed E-state index contributed by atoms with van der Waals surface area (Å²) in [6.07, 6.45) is 5.81. The second-order valence-electron chi connectivity index (χ2n) is 4.05. The highest BCUT2D eigenvalue weighted by molar-refractivity contribution is 5.54. The summed E-state index contributed by atoms with van der Waals surface area (Å²) in [4.78, 5) is 16.0. The smallest absolute Gasteiger partial charge is 0.275 e. The van der Waals surface area contributed by atoms with Crippen LogP contribution in [-0.2, 0) is 6.54 Å². The van der Waals surface area contributed by atoms with Gasteiger partial charge in [0, 0.05) is 18.9 Å². The maximum Gasteiger partial charge on any atom is 0.275 e. The molecule has 0 radical (unpaired) electrons. The molecule has 0 atom stereocenters. The lowest BCUT2D eigenvalue weighted by atomic mass is 10.2. The molecule has 5 heteroatoms. The largest absolute Gasteiger partial charge is 0.331 e. The first kappa shape index (κ1) is 11.6. The predicted molar refractivity (Wildman–Crippen MR) is 65.7 cm³/mol. The van der Waals surface area contributed by atoms with Gasteiger partial charge in [0.1, 0.15) is 5.82 Å². The summed E-state index contributed by atoms with van der Waals surface area (Å²) in [6.45, 7) is 4.87. The van der Waals surface area contributed by atoms with Crippen molar-refractivity contribution in [2.45, 2.75) is 33.2 Å². The predicted octanol–water partition coefficient (Wildman–Crippen LogP) is 1.74. The van der Waals surface area contributed by atoms with Crippen molar-refractivity contribution >= 4 is 0 Å². The molecule has 2 aromatic heterocycles. The molecule has 0 bridgehead atoms. The van der Waals surface area contributed by atoms with Crippen molar-refractivity contribution in [2.75, 3.05) is 0 Å². The molecule has 0 aliphatic heterocycles. The molecule has 2 rings (SSSR count). The van der Waals surface area contributed by atoms with E-state index in [2.05, 4.69) is 22.1 Å². The highest BCUT2D eigenvalue weighted by Crippen LogP contribution is 2.13. The molecule has 90 valence electrons. The second-order valence-corrected chi connectivity index (χ2v) is 4.05. The Hall–Kier alpha value is -1.91. The summed E-state index contributed by atoms with van der Waals surface area (Å²) in [5, 5.41) is 6.35. The molecule has 2 heterocycles. The van der Waals surface area contributed by atoms with Gasteiger partial charge in [-0.05, 0) is 19.4 Å². The lowest BCUT2D eigenvalue weighted by Gasteiger charge is -2.06. The van der Waals surface area contributed by atoms with Gasteiger partial charge in [-0.2, -0.15) is 5.10 Å². The normalized spacial score (nSPS) is 10.7. The van der Waals surface area contributed by atoms with E-state index in [1.807, 2.05) is 17.7 Å². The lowest BCUT2D eigenvalue weighted by molar-refractivity contribution is 0.636. The van der Waals surface area contributed by atoms with Crippen LogP contribution in [0.5, 0.6) is 0 Å². The number of aromatic amines is 1. The Bertz CT molecular complexity index is 556. The van der Waals surface area contributed by atoms with Crippen LogP contribution in [0.1, 0.15) is 25.5 Å². The van der Waals surface area contributed by atoms with Gasteiger partial charge in [0.05, 0.1) is 11.3 Å². The van der Waals surface area contributed by atoms with Gasteiger partial charge in [0.15, 0.2) is 0 Å². The Balaban J connectivity index is 2.42. The number of nitrogens with one attached hydrogen (secondary N) is 1. The number of hydrogen-bond donors (Lipinski definition) is 1. The molecule has 0 aromatic carbocycles. The Morgan fingerprint density at radius 2 is 2.29 bits per heavy atom. The van der Waals surface area contributed by atoms with Crippen LogP contribution in [0.2, 0.25) is 0 Å². The van der Waals surface area contributed by atoms with Gasteiger partial charge in [-0.3, -0.25) is 4.79 Å². The molecule has 0 aliphatic carbocycles. The van der Waals surface area contributed by atoms with Crippen LogP contribution in [0.25, 0.3) is 11.4 Å². The molecule has 17 heavy (non-hydrogen) atoms. The minimum Gasteiger partial charge on any atom is -0.331 e. The summed E-state index contributed by atoms with van der Waals surface area (Å²) < 4.78 is 2.01. The van der Waals surface area contributed by atoms with E-state index in [-0.39, 0.29) is 5.56 Å². The van der Waals surface area contributed by atoms with E-state index < -0.39 is 0 Å². The van der Waals surface area contributed by atoms with E-state index >= 15 is 0 Å². The van der Waals surface area contributed by atoms with Gasteiger partial charge in [-0.25, -0.2) is 10.1 Å². The van der Waals surface area contributed by atoms with Crippen molar-refractivity contribution in [2.24, 2.45) is 0 Å². The van der Waals surface area contributed by atoms with Crippen molar-refractivity contribution < 1.29 is 0 Å². The molecule has 0 fully saturated rings. The van der Waals surface area contributed by atoms with E-state index in [9.17, 15) is 4.79 Å². The molecule has 0 aliphatic rings. The van der Waals surface area contributed by atoms with Gasteiger partial charge >= 0.3 is 0 Å². The Kier molecular flexibility index (Phi) is 3.37. The summed E-state index contributed by atoms with van der Waals surface area (Å²) in [5.41, 5.74) is 1.17. The highest BCUT2D eigenvalue weighted by atomic mass is 16.1. The molecular weight excluding hydrogens is 216 g/mol. The van der Waals surface area contributed by atoms with Crippen LogP contribution in [0.15, 0.2) is 23.3 Å². The minimum atomic E-state index is -0.195. The van der Waals surface area contributed by atoms with E-state index in [1.165, 1.54) is 0 Å². The summed E-state index contributed by atoms with van der Waals surface area (Å²) in [6, 6.07) is 1.77. The fourth-order valence-electron chi connectivity index (χ4n) is 1.73. The highest BCUT2D eigenvalue weighted by Gasteiger charge is 2.10. The average Bonchev–Trinajstić information content (AvgIpc) is 2.77. The van der Waals surface area contributed by atoms with Crippen LogP contribution in [-0.4, -0.2) is 19.7 Å². The fourth-order valence-corrected chi connectivity index (χ4v) is 1.73. The lowest BCUT2D eigenvalue weighted by Crippen LogP contribution is -2.14. The first-order valence-electron chi connectivity index (χ1n) is 5.80. The van der Waals surface area contributed by atoms with Crippen molar-refractivity contribution in [1.29, 1.82) is 0 Å². The summed E-state index contributed by atoms with van der Waals surface area (Å²) in [7, 11) is 0. The first-order chi connectivity index (χ1) is 8.22. The van der Waals surface area contributed by atoms with Gasteiger partial charge in [0.2, 0.25) is 0 Å². The van der Waals surface area contributed by atoms with Gasteiger partial charge in [0.25, 0.3) is 5.56 Å². The maximum absolute atomic E-state index is 11.7. The number of rotatable bonds is 4. The summed E-state index contributed by atoms with van der Waals surface area (Å²) >= 11 is 0. The van der Waals surface area contributed by atoms with Crippen molar-refractivity contribution in [1.82, 2.24) is 19.7 Å². The molecule has 5 nitrogen and oxygen atoms in total. The van der Waals surface area contributed by atoms with Crippen LogP contribution in [0, 0.1) is 6.92 Å². The Labute approximate surface area is 99.5 Å². The van der Waals surface area contributed by atoms with E-state index in [0.717, 1.165) is 25.1 Å². The minimum absolute atomic E-state index is 0.195. The third-order valence-corrected chi connectivity index (χ3v) is 2.64. The van der Waals surface area contributed by atoms with Gasteiger partial charge in [-0.15, -0.1) is 0 Å². The number of aromatic nitrogens is 4. The molecule has 0 saturated carbocycles. The van der Waals surface area contributed by atoms with Crippen molar-refractivity contribution in [3.05, 3.63) is 34.5 Å². The van der Waals surface area contributed by atoms with Crippen LogP contribution in [0.3, 0.4) is 0 Å². The molecule has 0 unspecified atom stereocenters. The fraction of sp³-hybridized carbons (Fsp3) is 0.417. The van der Waals surface area contributed by atoms with Gasteiger partial charge in [-0.1, -0.05) is 13.3 Å². The second kappa shape index (κ2) is 4.95. The Morgan fingerprint density at radius 1 is 1.47 bits per heavy atom. The quantitative estimate of drug-likeness (QED) is 0.873. The van der Waals surface area contributed by atoms with E-state index in [0.29, 0.717) is 11.4 Å². The molecular formula is C12H16N4O. The third-order valence-electron chi connectivity index (χ3n) is 2.64. The number of hydrogen-bond acceptors (Lipinski definition) is 3. The zero-order valence-corrected chi connectivity index (χ0v) is 10.1. The van der Waals surface area contributed by atoms with Crippen LogP contribution < -0.4 is 5.56 Å². The number of nitrogens with zero attached hydrogens (tertiary/aromatic N) is 3. The molecule has 0 spiro atoms. The molecule has 0 saturated heterocycles. The van der Waals surface area contributed by atoms with E-state index in [4.69, 9.17) is 0 Å². The number of H-pyrrole nitrogens is 1. The first-order valence-corrected chi connectivity index (χ1v) is 5.80. The molecule has 2 aromatic rings. The topological polar surface area (TPSA) is 63.6 Å². The monoisotopic (exact) mass is 232 g/mol. The summed E-state index contributed by atoms with van der Waals surface area (Å²) in [5.74, 6) is 0.713. The maximum atomic E-state index is 11.7. The third kappa shape index (κ3) is 2.43. The van der Waals surface area contributed by atoms with Crippen molar-refractivity contribution in [3.8, 4) is 11.4 Å². The van der Waals surface area contributed by atoms with Crippen molar-refractivity contribution in [3.63, 3.8) is 0 Å². The molecule has 1 N–H and O–H groups in total. The number of aryl methyl sites for hydroxylation is 2. The van der Waals surface area contributed by atoms with E-state index in [1.54, 1.807) is 12.3 Å². The molecule has 0 amide bonds. The number of imidazole rings is 1. The van der Waals surface area contributed by atoms with Gasteiger partial charge < -0.3 is 4.57 Å². The standard InChI is InChI=1S/C12H16N4O/c1-3-4-6-16-7-5-13-11(16)10-8-9(2)14-15-12(10)17/h5,7-8H,3-4,6H2,1-2H3,(H,15,17). The zero-order valence-electron chi connectivity index (χ0n) is 10.1. The SMILES string of the molecule is CCCCn1ccnc1-c1cc(C)n[nH]c1=O. The van der Waals surface area contributed by atoms with Crippen LogP contribution in [0.4, 0.5) is 0 Å². The average molecular weight is 232 g/mol. The zero-order chi connectivity index (χ0) is 12.3.